The summed E-state index contributed by atoms with van der Waals surface area (Å²) in [5.74, 6) is -1.04. The molecule has 3 N–H and O–H groups in total. The second kappa shape index (κ2) is 12.5. The number of hydrogen-bond donors (Lipinski definition) is 2. The van der Waals surface area contributed by atoms with Crippen LogP contribution in [0.15, 0.2) is 0 Å². The van der Waals surface area contributed by atoms with Crippen LogP contribution in [0.5, 0.6) is 0 Å². The molecular weight excluding hydrogens is 520 g/mol. The minimum atomic E-state index is -0.956. The van der Waals surface area contributed by atoms with Gasteiger partial charge in [-0.1, -0.05) is 27.7 Å². The van der Waals surface area contributed by atoms with E-state index in [1.165, 1.54) is 6.42 Å². The maximum absolute atomic E-state index is 13.5. The summed E-state index contributed by atoms with van der Waals surface area (Å²) in [5, 5.41) is 2.18. The fraction of sp³-hybridized carbons (Fsp3) is 0.828. The van der Waals surface area contributed by atoms with Crippen molar-refractivity contribution in [1.29, 1.82) is 0 Å². The first-order chi connectivity index (χ1) is 17.9. The van der Waals surface area contributed by atoms with Gasteiger partial charge in [-0.2, -0.15) is 0 Å². The van der Waals surface area contributed by atoms with Crippen molar-refractivity contribution >= 4 is 41.1 Å². The quantitative estimate of drug-likeness (QED) is 0.186. The van der Waals surface area contributed by atoms with Crippen LogP contribution in [0, 0.1) is 27.6 Å². The summed E-state index contributed by atoms with van der Waals surface area (Å²) >= 11 is 4.60. The Morgan fingerprint density at radius 1 is 1.10 bits per heavy atom. The van der Waals surface area contributed by atoms with Crippen molar-refractivity contribution in [2.45, 2.75) is 119 Å². The van der Waals surface area contributed by atoms with E-state index in [2.05, 4.69) is 38.3 Å². The average molecular weight is 569 g/mol. The number of carbonyl (C=O) groups excluding carboxylic acids is 4. The molecule has 1 amide bonds. The fourth-order valence-corrected chi connectivity index (χ4v) is 6.38. The topological polar surface area (TPSA) is 134 Å². The highest BCUT2D eigenvalue weighted by Gasteiger charge is 2.63. The molecule has 2 saturated carbocycles. The zero-order chi connectivity index (χ0) is 29.8. The summed E-state index contributed by atoms with van der Waals surface area (Å²) in [5.41, 5.74) is 3.54. The zero-order valence-corrected chi connectivity index (χ0v) is 25.8. The Labute approximate surface area is 238 Å². The Morgan fingerprint density at radius 2 is 1.74 bits per heavy atom. The molecule has 2 fully saturated rings. The van der Waals surface area contributed by atoms with Gasteiger partial charge in [-0.3, -0.25) is 19.2 Å². The summed E-state index contributed by atoms with van der Waals surface area (Å²) < 4.78 is 17.0. The first kappa shape index (κ1) is 33.0. The zero-order valence-electron chi connectivity index (χ0n) is 24.9. The lowest BCUT2D eigenvalue weighted by Gasteiger charge is -2.40. The van der Waals surface area contributed by atoms with E-state index in [0.717, 1.165) is 12.8 Å². The van der Waals surface area contributed by atoms with Crippen LogP contribution in [0.1, 0.15) is 107 Å². The third-order valence-corrected chi connectivity index (χ3v) is 9.55. The van der Waals surface area contributed by atoms with Gasteiger partial charge in [0.05, 0.1) is 10.8 Å². The van der Waals surface area contributed by atoms with E-state index >= 15 is 0 Å². The number of nitrogens with one attached hydrogen (secondary N) is 1. The Balaban J connectivity index is 1.85. The second-order valence-corrected chi connectivity index (χ2v) is 13.6. The summed E-state index contributed by atoms with van der Waals surface area (Å²) in [7, 11) is 0. The third kappa shape index (κ3) is 7.70. The standard InChI is InChI=1S/C29H48N2O7S/c1-9-28(7,24(35)38-20-15-19-13-14-29(20,8)27(19,5)6)17-26(3,4)23(34)36-16-18(2)37-22(33)12-10-11-21(32)31-25(30)39/h18-20H,9-17H2,1-8H3,(H3,30,31,32,39). The predicted octanol–water partition coefficient (Wildman–Crippen LogP) is 4.58. The van der Waals surface area contributed by atoms with Crippen molar-refractivity contribution in [3.05, 3.63) is 0 Å². The minimum absolute atomic E-state index is 0.0312. The molecule has 0 aromatic heterocycles. The number of nitrogens with two attached hydrogens (primary N) is 1. The molecular formula is C29H48N2O7S. The Bertz CT molecular complexity index is 965. The van der Waals surface area contributed by atoms with Crippen molar-refractivity contribution in [2.75, 3.05) is 6.61 Å². The van der Waals surface area contributed by atoms with Crippen LogP contribution in [0.25, 0.3) is 0 Å². The van der Waals surface area contributed by atoms with Gasteiger partial charge in [0.25, 0.3) is 0 Å². The second-order valence-electron chi connectivity index (χ2n) is 13.1. The molecule has 222 valence electrons. The molecule has 0 aromatic carbocycles. The highest BCUT2D eigenvalue weighted by Crippen LogP contribution is 2.66. The van der Waals surface area contributed by atoms with Crippen LogP contribution in [0.2, 0.25) is 0 Å². The van der Waals surface area contributed by atoms with Crippen LogP contribution in [-0.4, -0.2) is 47.7 Å². The molecule has 10 heteroatoms. The molecule has 0 heterocycles. The van der Waals surface area contributed by atoms with Gasteiger partial charge in [0.2, 0.25) is 5.91 Å². The summed E-state index contributed by atoms with van der Waals surface area (Å²) in [6.45, 7) is 15.6. The molecule has 0 aliphatic heterocycles. The van der Waals surface area contributed by atoms with Gasteiger partial charge in [0.1, 0.15) is 18.8 Å². The van der Waals surface area contributed by atoms with Crippen molar-refractivity contribution in [3.8, 4) is 0 Å². The van der Waals surface area contributed by atoms with Gasteiger partial charge in [-0.15, -0.1) is 0 Å². The first-order valence-electron chi connectivity index (χ1n) is 14.0. The van der Waals surface area contributed by atoms with Gasteiger partial charge in [-0.05, 0) is 89.8 Å². The molecule has 2 aliphatic carbocycles. The van der Waals surface area contributed by atoms with Crippen LogP contribution < -0.4 is 11.1 Å². The maximum Gasteiger partial charge on any atom is 0.312 e. The molecule has 0 aromatic rings. The lowest BCUT2D eigenvalue weighted by Crippen LogP contribution is -2.44. The fourth-order valence-electron chi connectivity index (χ4n) is 6.27. The molecule has 39 heavy (non-hydrogen) atoms. The number of carbonyl (C=O) groups is 4. The van der Waals surface area contributed by atoms with Crippen LogP contribution in [0.3, 0.4) is 0 Å². The largest absolute Gasteiger partial charge is 0.461 e. The average Bonchev–Trinajstić information content (AvgIpc) is 3.15. The normalized spacial score (nSPS) is 25.7. The van der Waals surface area contributed by atoms with Crippen LogP contribution in [0.4, 0.5) is 0 Å². The number of esters is 3. The van der Waals surface area contributed by atoms with Gasteiger partial charge in [0.15, 0.2) is 5.11 Å². The Hall–Kier alpha value is -2.23. The van der Waals surface area contributed by atoms with Crippen molar-refractivity contribution < 1.29 is 33.4 Å². The van der Waals surface area contributed by atoms with Crippen LogP contribution in [-0.2, 0) is 33.4 Å². The minimum Gasteiger partial charge on any atom is -0.461 e. The maximum atomic E-state index is 13.5. The number of hydrogen-bond acceptors (Lipinski definition) is 8. The molecule has 5 atom stereocenters. The number of rotatable bonds is 13. The molecule has 0 saturated heterocycles. The molecule has 2 bridgehead atoms. The molecule has 5 unspecified atom stereocenters. The molecule has 2 rings (SSSR count). The van der Waals surface area contributed by atoms with E-state index in [1.54, 1.807) is 20.8 Å². The SMILES string of the molecule is CCC(C)(CC(C)(C)C(=O)OCC(C)OC(=O)CCCC(=O)NC(N)=S)C(=O)OC1CC2CCC1(C)C2(C)C. The molecule has 9 nitrogen and oxygen atoms in total. The lowest BCUT2D eigenvalue weighted by molar-refractivity contribution is -0.174. The van der Waals surface area contributed by atoms with Crippen molar-refractivity contribution in [1.82, 2.24) is 5.32 Å². The van der Waals surface area contributed by atoms with Crippen LogP contribution >= 0.6 is 12.2 Å². The monoisotopic (exact) mass is 568 g/mol. The van der Waals surface area contributed by atoms with E-state index < -0.39 is 28.9 Å². The van der Waals surface area contributed by atoms with Gasteiger partial charge >= 0.3 is 17.9 Å². The number of amides is 1. The first-order valence-corrected chi connectivity index (χ1v) is 14.5. The highest BCUT2D eigenvalue weighted by atomic mass is 32.1. The molecule has 2 aliphatic rings. The van der Waals surface area contributed by atoms with Gasteiger partial charge < -0.3 is 25.3 Å². The highest BCUT2D eigenvalue weighted by molar-refractivity contribution is 7.80. The molecule has 0 spiro atoms. The van der Waals surface area contributed by atoms with Crippen molar-refractivity contribution in [2.24, 2.45) is 33.3 Å². The number of thiocarbonyl (C=S) groups is 1. The van der Waals surface area contributed by atoms with E-state index in [0.29, 0.717) is 12.3 Å². The lowest BCUT2D eigenvalue weighted by atomic mass is 9.69. The predicted molar refractivity (Wildman–Crippen MR) is 151 cm³/mol. The Kier molecular flexibility index (Phi) is 10.6. The summed E-state index contributed by atoms with van der Waals surface area (Å²) in [6, 6.07) is 0. The van der Waals surface area contributed by atoms with Crippen molar-refractivity contribution in [3.63, 3.8) is 0 Å². The van der Waals surface area contributed by atoms with E-state index in [9.17, 15) is 19.2 Å². The van der Waals surface area contributed by atoms with E-state index in [-0.39, 0.29) is 66.2 Å². The summed E-state index contributed by atoms with van der Waals surface area (Å²) in [6.07, 6.45) is 3.55. The third-order valence-electron chi connectivity index (χ3n) is 9.45. The van der Waals surface area contributed by atoms with Gasteiger partial charge in [0, 0.05) is 18.3 Å². The Morgan fingerprint density at radius 3 is 2.26 bits per heavy atom. The van der Waals surface area contributed by atoms with E-state index in [1.807, 2.05) is 13.8 Å². The molecule has 0 radical (unpaired) electrons. The van der Waals surface area contributed by atoms with E-state index in [4.69, 9.17) is 19.9 Å². The van der Waals surface area contributed by atoms with Gasteiger partial charge in [-0.25, -0.2) is 0 Å². The summed E-state index contributed by atoms with van der Waals surface area (Å²) in [4.78, 5) is 50.1. The smallest absolute Gasteiger partial charge is 0.312 e. The number of fused-ring (bicyclic) bond motifs is 2. The number of ether oxygens (including phenoxy) is 3.